The van der Waals surface area contributed by atoms with Crippen molar-refractivity contribution in [3.05, 3.63) is 29.1 Å². The molecule has 84 valence electrons. The Morgan fingerprint density at radius 2 is 2.19 bits per heavy atom. The van der Waals surface area contributed by atoms with Gasteiger partial charge < -0.3 is 10.1 Å². The molecule has 1 spiro atoms. The maximum Gasteiger partial charge on any atom is 0.341 e. The Kier molecular flexibility index (Phi) is 2.01. The summed E-state index contributed by atoms with van der Waals surface area (Å²) in [7, 11) is 0. The van der Waals surface area contributed by atoms with E-state index in [-0.39, 0.29) is 11.6 Å². The summed E-state index contributed by atoms with van der Waals surface area (Å²) >= 11 is 0. The van der Waals surface area contributed by atoms with Crippen LogP contribution in [0.4, 0.5) is 0 Å². The van der Waals surface area contributed by atoms with Crippen molar-refractivity contribution < 1.29 is 9.53 Å². The number of esters is 1. The van der Waals surface area contributed by atoms with Crippen LogP contribution in [0.3, 0.4) is 0 Å². The number of pyridine rings is 1. The smallest absolute Gasteiger partial charge is 0.341 e. The Morgan fingerprint density at radius 3 is 2.94 bits per heavy atom. The molecule has 0 aromatic carbocycles. The number of ether oxygens (including phenoxy) is 1. The number of carbonyl (C=O) groups excluding carboxylic acids is 1. The van der Waals surface area contributed by atoms with Gasteiger partial charge in [-0.2, -0.15) is 0 Å². The fraction of sp³-hybridized carbons (Fsp3) is 0.500. The minimum absolute atomic E-state index is 0.218. The topological polar surface area (TPSA) is 51.2 Å². The second-order valence-corrected chi connectivity index (χ2v) is 4.51. The zero-order chi connectivity index (χ0) is 11.2. The number of hydrogen-bond acceptors (Lipinski definition) is 4. The predicted octanol–water partition coefficient (Wildman–Crippen LogP) is 1.14. The van der Waals surface area contributed by atoms with Gasteiger partial charge in [0.15, 0.2) is 0 Å². The van der Waals surface area contributed by atoms with Crippen LogP contribution < -0.4 is 5.32 Å². The lowest BCUT2D eigenvalue weighted by Crippen LogP contribution is -2.40. The highest BCUT2D eigenvalue weighted by atomic mass is 16.6. The Bertz CT molecular complexity index is 450. The molecule has 2 aliphatic rings. The zero-order valence-electron chi connectivity index (χ0n) is 9.25. The Labute approximate surface area is 94.0 Å². The van der Waals surface area contributed by atoms with Gasteiger partial charge in [0, 0.05) is 30.3 Å². The first-order valence-electron chi connectivity index (χ1n) is 5.62. The first kappa shape index (κ1) is 9.78. The number of fused-ring (bicyclic) bond motifs is 2. The predicted molar refractivity (Wildman–Crippen MR) is 58.2 cm³/mol. The van der Waals surface area contributed by atoms with Crippen LogP contribution in [0.2, 0.25) is 0 Å². The van der Waals surface area contributed by atoms with Crippen molar-refractivity contribution in [3.8, 4) is 0 Å². The number of rotatable bonds is 0. The first-order chi connectivity index (χ1) is 7.71. The van der Waals surface area contributed by atoms with Gasteiger partial charge in [-0.05, 0) is 26.1 Å². The summed E-state index contributed by atoms with van der Waals surface area (Å²) in [6.07, 6.45) is 3.36. The van der Waals surface area contributed by atoms with Crippen molar-refractivity contribution in [3.63, 3.8) is 0 Å². The minimum Gasteiger partial charge on any atom is -0.450 e. The molecule has 0 radical (unpaired) electrons. The van der Waals surface area contributed by atoms with Crippen molar-refractivity contribution in [2.24, 2.45) is 0 Å². The summed E-state index contributed by atoms with van der Waals surface area (Å²) in [4.78, 5) is 15.9. The van der Waals surface area contributed by atoms with Gasteiger partial charge in [0.05, 0.1) is 5.56 Å². The molecule has 0 saturated carbocycles. The average Bonchev–Trinajstić information content (AvgIpc) is 2.53. The highest BCUT2D eigenvalue weighted by Crippen LogP contribution is 2.42. The zero-order valence-corrected chi connectivity index (χ0v) is 9.25. The molecule has 3 rings (SSSR count). The normalized spacial score (nSPS) is 21.9. The second kappa shape index (κ2) is 3.28. The molecule has 4 nitrogen and oxygen atoms in total. The molecule has 1 N–H and O–H groups in total. The Balaban J connectivity index is 2.12. The lowest BCUT2D eigenvalue weighted by Gasteiger charge is -2.33. The Hall–Kier alpha value is -1.42. The molecule has 2 aliphatic heterocycles. The lowest BCUT2D eigenvalue weighted by molar-refractivity contribution is -0.0242. The van der Waals surface area contributed by atoms with E-state index in [1.165, 1.54) is 0 Å². The van der Waals surface area contributed by atoms with Crippen LogP contribution in [0.25, 0.3) is 0 Å². The Morgan fingerprint density at radius 1 is 1.44 bits per heavy atom. The molecule has 0 atom stereocenters. The molecule has 3 heterocycles. The van der Waals surface area contributed by atoms with Crippen LogP contribution in [0, 0.1) is 6.92 Å². The van der Waals surface area contributed by atoms with Gasteiger partial charge in [-0.15, -0.1) is 0 Å². The van der Waals surface area contributed by atoms with Crippen LogP contribution in [-0.2, 0) is 10.3 Å². The van der Waals surface area contributed by atoms with E-state index in [2.05, 4.69) is 10.3 Å². The molecule has 0 bridgehead atoms. The van der Waals surface area contributed by atoms with Gasteiger partial charge in [-0.3, -0.25) is 4.98 Å². The third-order valence-electron chi connectivity index (χ3n) is 3.45. The molecular weight excluding hydrogens is 204 g/mol. The minimum atomic E-state index is -0.384. The molecule has 1 aromatic rings. The summed E-state index contributed by atoms with van der Waals surface area (Å²) in [5.41, 5.74) is 2.24. The van der Waals surface area contributed by atoms with Crippen molar-refractivity contribution in [1.82, 2.24) is 10.3 Å². The van der Waals surface area contributed by atoms with E-state index in [0.29, 0.717) is 5.56 Å². The number of aryl methyl sites for hydroxylation is 1. The third kappa shape index (κ3) is 1.26. The van der Waals surface area contributed by atoms with E-state index >= 15 is 0 Å². The van der Waals surface area contributed by atoms with E-state index in [0.717, 1.165) is 37.2 Å². The second-order valence-electron chi connectivity index (χ2n) is 4.51. The van der Waals surface area contributed by atoms with E-state index in [1.54, 1.807) is 6.20 Å². The molecule has 0 amide bonds. The number of nitrogens with one attached hydrogen (secondary N) is 1. The van der Waals surface area contributed by atoms with E-state index in [9.17, 15) is 4.79 Å². The molecule has 1 aromatic heterocycles. The third-order valence-corrected chi connectivity index (χ3v) is 3.45. The molecule has 0 aliphatic carbocycles. The number of piperidine rings is 1. The molecule has 4 heteroatoms. The van der Waals surface area contributed by atoms with Crippen LogP contribution in [-0.4, -0.2) is 24.0 Å². The SMILES string of the molecule is Cc1cc2c(cn1)C(=O)OC21CCNCC1. The van der Waals surface area contributed by atoms with Gasteiger partial charge in [0.25, 0.3) is 0 Å². The monoisotopic (exact) mass is 218 g/mol. The maximum atomic E-state index is 11.8. The lowest BCUT2D eigenvalue weighted by atomic mass is 9.85. The molecular formula is C12H14N2O2. The highest BCUT2D eigenvalue weighted by molar-refractivity contribution is 5.94. The highest BCUT2D eigenvalue weighted by Gasteiger charge is 2.46. The average molecular weight is 218 g/mol. The fourth-order valence-electron chi connectivity index (χ4n) is 2.59. The van der Waals surface area contributed by atoms with E-state index in [4.69, 9.17) is 4.74 Å². The van der Waals surface area contributed by atoms with Gasteiger partial charge in [0.2, 0.25) is 0 Å². The van der Waals surface area contributed by atoms with Crippen LogP contribution in [0.15, 0.2) is 12.3 Å². The number of aromatic nitrogens is 1. The summed E-state index contributed by atoms with van der Waals surface area (Å²) in [6.45, 7) is 3.74. The summed E-state index contributed by atoms with van der Waals surface area (Å²) in [6, 6.07) is 1.99. The standard InChI is InChI=1S/C12H14N2O2/c1-8-6-10-9(7-14-8)11(15)16-12(10)2-4-13-5-3-12/h6-7,13H,2-5H2,1H3. The van der Waals surface area contributed by atoms with Gasteiger partial charge >= 0.3 is 5.97 Å². The summed E-state index contributed by atoms with van der Waals surface area (Å²) in [5, 5.41) is 3.29. The van der Waals surface area contributed by atoms with E-state index < -0.39 is 0 Å². The van der Waals surface area contributed by atoms with Crippen molar-refractivity contribution in [1.29, 1.82) is 0 Å². The largest absolute Gasteiger partial charge is 0.450 e. The van der Waals surface area contributed by atoms with Gasteiger partial charge in [0.1, 0.15) is 5.60 Å². The quantitative estimate of drug-likeness (QED) is 0.663. The number of carbonyl (C=O) groups is 1. The van der Waals surface area contributed by atoms with Crippen LogP contribution in [0.5, 0.6) is 0 Å². The number of nitrogens with zero attached hydrogens (tertiary/aromatic N) is 1. The molecule has 0 unspecified atom stereocenters. The van der Waals surface area contributed by atoms with Gasteiger partial charge in [-0.25, -0.2) is 4.79 Å². The maximum absolute atomic E-state index is 11.8. The van der Waals surface area contributed by atoms with Crippen LogP contribution in [0.1, 0.15) is 34.5 Å². The summed E-state index contributed by atoms with van der Waals surface area (Å²) < 4.78 is 5.60. The molecule has 1 saturated heterocycles. The molecule has 1 fully saturated rings. The number of hydrogen-bond donors (Lipinski definition) is 1. The van der Waals surface area contributed by atoms with Crippen molar-refractivity contribution >= 4 is 5.97 Å². The summed E-state index contributed by atoms with van der Waals surface area (Å²) in [5.74, 6) is -0.218. The first-order valence-corrected chi connectivity index (χ1v) is 5.62. The van der Waals surface area contributed by atoms with Crippen molar-refractivity contribution in [2.75, 3.05) is 13.1 Å². The van der Waals surface area contributed by atoms with Crippen molar-refractivity contribution in [2.45, 2.75) is 25.4 Å². The van der Waals surface area contributed by atoms with Crippen LogP contribution >= 0.6 is 0 Å². The van der Waals surface area contributed by atoms with E-state index in [1.807, 2.05) is 13.0 Å². The fourth-order valence-corrected chi connectivity index (χ4v) is 2.59. The molecule has 16 heavy (non-hydrogen) atoms. The van der Waals surface area contributed by atoms with Gasteiger partial charge in [-0.1, -0.05) is 0 Å².